The van der Waals surface area contributed by atoms with E-state index in [4.69, 9.17) is 0 Å². The standard InChI is InChI=1S/C18H18FN3O3/c1-13(23)14-5-7-15(8-6-14)20-9-11-21(12-10-20)17-4-2-3-16(19)18(17)22(24)25/h2-8H,9-12H2,1H3. The van der Waals surface area contributed by atoms with Crippen molar-refractivity contribution >= 4 is 22.8 Å². The first-order valence-corrected chi connectivity index (χ1v) is 8.01. The number of para-hydroxylation sites is 1. The van der Waals surface area contributed by atoms with Gasteiger partial charge >= 0.3 is 5.69 Å². The number of benzene rings is 2. The summed E-state index contributed by atoms with van der Waals surface area (Å²) in [5.41, 5.74) is 1.51. The van der Waals surface area contributed by atoms with Crippen molar-refractivity contribution in [3.05, 3.63) is 64.0 Å². The van der Waals surface area contributed by atoms with Crippen molar-refractivity contribution in [2.75, 3.05) is 36.0 Å². The van der Waals surface area contributed by atoms with Crippen LogP contribution in [0.1, 0.15) is 17.3 Å². The van der Waals surface area contributed by atoms with Crippen molar-refractivity contribution in [1.82, 2.24) is 0 Å². The highest BCUT2D eigenvalue weighted by Crippen LogP contribution is 2.31. The first-order valence-electron chi connectivity index (χ1n) is 8.01. The molecule has 2 aromatic rings. The van der Waals surface area contributed by atoms with E-state index in [2.05, 4.69) is 4.90 Å². The number of halogens is 1. The first kappa shape index (κ1) is 16.9. The third-order valence-electron chi connectivity index (χ3n) is 4.41. The Morgan fingerprint density at radius 1 is 1.04 bits per heavy atom. The lowest BCUT2D eigenvalue weighted by Gasteiger charge is -2.37. The molecule has 1 heterocycles. The summed E-state index contributed by atoms with van der Waals surface area (Å²) in [6.07, 6.45) is 0. The van der Waals surface area contributed by atoms with E-state index in [-0.39, 0.29) is 5.78 Å². The Kier molecular flexibility index (Phi) is 4.65. The highest BCUT2D eigenvalue weighted by molar-refractivity contribution is 5.94. The lowest BCUT2D eigenvalue weighted by molar-refractivity contribution is -0.386. The Hall–Kier alpha value is -2.96. The molecule has 6 nitrogen and oxygen atoms in total. The smallest absolute Gasteiger partial charge is 0.327 e. The molecule has 1 aliphatic heterocycles. The van der Waals surface area contributed by atoms with Crippen LogP contribution in [0.5, 0.6) is 0 Å². The number of anilines is 2. The minimum Gasteiger partial charge on any atom is -0.368 e. The van der Waals surface area contributed by atoms with E-state index in [1.807, 2.05) is 17.0 Å². The van der Waals surface area contributed by atoms with Gasteiger partial charge in [-0.15, -0.1) is 0 Å². The van der Waals surface area contributed by atoms with Crippen molar-refractivity contribution in [3.8, 4) is 0 Å². The van der Waals surface area contributed by atoms with E-state index >= 15 is 0 Å². The van der Waals surface area contributed by atoms with Crippen LogP contribution in [0.15, 0.2) is 42.5 Å². The molecule has 0 atom stereocenters. The number of hydrogen-bond acceptors (Lipinski definition) is 5. The van der Waals surface area contributed by atoms with Crippen LogP contribution in [0.25, 0.3) is 0 Å². The fourth-order valence-electron chi connectivity index (χ4n) is 3.05. The second kappa shape index (κ2) is 6.88. The third-order valence-corrected chi connectivity index (χ3v) is 4.41. The molecule has 2 aromatic carbocycles. The summed E-state index contributed by atoms with van der Waals surface area (Å²) in [6, 6.07) is 11.6. The highest BCUT2D eigenvalue weighted by atomic mass is 19.1. The van der Waals surface area contributed by atoms with Gasteiger partial charge in [-0.05, 0) is 43.3 Å². The van der Waals surface area contributed by atoms with E-state index < -0.39 is 16.4 Å². The zero-order chi connectivity index (χ0) is 18.0. The summed E-state index contributed by atoms with van der Waals surface area (Å²) in [5.74, 6) is -0.792. The maximum absolute atomic E-state index is 13.8. The number of Topliss-reactive ketones (excluding diaryl/α,β-unsaturated/α-hetero) is 1. The lowest BCUT2D eigenvalue weighted by atomic mass is 10.1. The molecule has 0 spiro atoms. The van der Waals surface area contributed by atoms with Crippen LogP contribution in [0.2, 0.25) is 0 Å². The van der Waals surface area contributed by atoms with Gasteiger partial charge in [0.15, 0.2) is 5.78 Å². The van der Waals surface area contributed by atoms with Gasteiger partial charge in [-0.3, -0.25) is 14.9 Å². The van der Waals surface area contributed by atoms with Gasteiger partial charge in [-0.1, -0.05) is 6.07 Å². The third kappa shape index (κ3) is 3.45. The average Bonchev–Trinajstić information content (AvgIpc) is 2.61. The van der Waals surface area contributed by atoms with Gasteiger partial charge in [0.1, 0.15) is 5.69 Å². The molecule has 7 heteroatoms. The summed E-state index contributed by atoms with van der Waals surface area (Å²) in [5, 5.41) is 11.2. The molecule has 25 heavy (non-hydrogen) atoms. The zero-order valence-electron chi connectivity index (χ0n) is 13.8. The molecule has 0 bridgehead atoms. The highest BCUT2D eigenvalue weighted by Gasteiger charge is 2.26. The van der Waals surface area contributed by atoms with Crippen LogP contribution < -0.4 is 9.80 Å². The Morgan fingerprint density at radius 2 is 1.64 bits per heavy atom. The molecule has 1 fully saturated rings. The number of nitro groups is 1. The minimum absolute atomic E-state index is 0.0229. The summed E-state index contributed by atoms with van der Waals surface area (Å²) in [6.45, 7) is 3.96. The number of piperazine rings is 1. The van der Waals surface area contributed by atoms with Gasteiger partial charge in [0.05, 0.1) is 4.92 Å². The number of rotatable bonds is 4. The molecule has 1 aliphatic rings. The molecule has 0 aromatic heterocycles. The molecule has 1 saturated heterocycles. The summed E-state index contributed by atoms with van der Waals surface area (Å²) >= 11 is 0. The maximum atomic E-state index is 13.8. The van der Waals surface area contributed by atoms with Crippen molar-refractivity contribution in [2.24, 2.45) is 0 Å². The zero-order valence-corrected chi connectivity index (χ0v) is 13.8. The van der Waals surface area contributed by atoms with Gasteiger partial charge < -0.3 is 9.80 Å². The van der Waals surface area contributed by atoms with Gasteiger partial charge in [-0.25, -0.2) is 0 Å². The number of nitro benzene ring substituents is 1. The second-order valence-corrected chi connectivity index (χ2v) is 5.94. The maximum Gasteiger partial charge on any atom is 0.327 e. The topological polar surface area (TPSA) is 66.7 Å². The molecular formula is C18H18FN3O3. The fraction of sp³-hybridized carbons (Fsp3) is 0.278. The summed E-state index contributed by atoms with van der Waals surface area (Å²) in [7, 11) is 0. The fourth-order valence-corrected chi connectivity index (χ4v) is 3.05. The van der Waals surface area contributed by atoms with Crippen LogP contribution in [0.3, 0.4) is 0 Å². The SMILES string of the molecule is CC(=O)c1ccc(N2CCN(c3cccc(F)c3[N+](=O)[O-])CC2)cc1. The number of carbonyl (C=O) groups is 1. The van der Waals surface area contributed by atoms with Crippen LogP contribution in [0.4, 0.5) is 21.5 Å². The molecule has 0 amide bonds. The molecule has 0 N–H and O–H groups in total. The molecule has 0 radical (unpaired) electrons. The number of ketones is 1. The molecule has 130 valence electrons. The lowest BCUT2D eigenvalue weighted by Crippen LogP contribution is -2.46. The Morgan fingerprint density at radius 3 is 2.20 bits per heavy atom. The number of nitrogens with zero attached hydrogens (tertiary/aromatic N) is 3. The Labute approximate surface area is 144 Å². The van der Waals surface area contributed by atoms with Gasteiger partial charge in [0.25, 0.3) is 0 Å². The van der Waals surface area contributed by atoms with Crippen LogP contribution in [0, 0.1) is 15.9 Å². The van der Waals surface area contributed by atoms with E-state index in [0.29, 0.717) is 37.4 Å². The normalized spacial score (nSPS) is 14.5. The van der Waals surface area contributed by atoms with Gasteiger partial charge in [0.2, 0.25) is 5.82 Å². The largest absolute Gasteiger partial charge is 0.368 e. The molecule has 0 aliphatic carbocycles. The average molecular weight is 343 g/mol. The quantitative estimate of drug-likeness (QED) is 0.484. The Bertz CT molecular complexity index is 800. The molecule has 0 saturated carbocycles. The van der Waals surface area contributed by atoms with Gasteiger partial charge in [0, 0.05) is 37.4 Å². The van der Waals surface area contributed by atoms with Gasteiger partial charge in [-0.2, -0.15) is 4.39 Å². The van der Waals surface area contributed by atoms with Crippen LogP contribution in [-0.2, 0) is 0 Å². The predicted octanol–water partition coefficient (Wildman–Crippen LogP) is 3.26. The van der Waals surface area contributed by atoms with Crippen LogP contribution >= 0.6 is 0 Å². The molecule has 0 unspecified atom stereocenters. The molecule has 3 rings (SSSR count). The van der Waals surface area contributed by atoms with Crippen LogP contribution in [-0.4, -0.2) is 36.9 Å². The number of carbonyl (C=O) groups excluding carboxylic acids is 1. The molecular weight excluding hydrogens is 325 g/mol. The summed E-state index contributed by atoms with van der Waals surface area (Å²) in [4.78, 5) is 25.8. The monoisotopic (exact) mass is 343 g/mol. The van der Waals surface area contributed by atoms with Crippen molar-refractivity contribution in [2.45, 2.75) is 6.92 Å². The van der Waals surface area contributed by atoms with E-state index in [1.54, 1.807) is 18.2 Å². The van der Waals surface area contributed by atoms with E-state index in [9.17, 15) is 19.3 Å². The minimum atomic E-state index is -0.815. The first-order chi connectivity index (χ1) is 12.0. The van der Waals surface area contributed by atoms with E-state index in [0.717, 1.165) is 11.8 Å². The second-order valence-electron chi connectivity index (χ2n) is 5.94. The van der Waals surface area contributed by atoms with Crippen molar-refractivity contribution in [3.63, 3.8) is 0 Å². The Balaban J connectivity index is 1.73. The number of hydrogen-bond donors (Lipinski definition) is 0. The van der Waals surface area contributed by atoms with E-state index in [1.165, 1.54) is 13.0 Å². The summed E-state index contributed by atoms with van der Waals surface area (Å²) < 4.78 is 13.8. The van der Waals surface area contributed by atoms with Crippen molar-refractivity contribution < 1.29 is 14.1 Å². The predicted molar refractivity (Wildman–Crippen MR) is 93.9 cm³/mol. The van der Waals surface area contributed by atoms with Crippen molar-refractivity contribution in [1.29, 1.82) is 0 Å².